The van der Waals surface area contributed by atoms with Crippen LogP contribution in [0.2, 0.25) is 0 Å². The standard InChI is InChI=1S/C14H14N2O2S/c1-9-6-11(14(15)19)7-13(16-9)18-12-4-2-10(8-17)3-5-12/h2-7,17H,8H2,1H3,(H2,15,19). The lowest BCUT2D eigenvalue weighted by Gasteiger charge is -2.08. The second-order valence-electron chi connectivity index (χ2n) is 4.10. The van der Waals surface area contributed by atoms with E-state index in [4.69, 9.17) is 27.8 Å². The number of thiocarbonyl (C=S) groups is 1. The molecule has 0 aliphatic carbocycles. The smallest absolute Gasteiger partial charge is 0.220 e. The Labute approximate surface area is 116 Å². The van der Waals surface area contributed by atoms with Crippen LogP contribution in [0.4, 0.5) is 0 Å². The first-order valence-electron chi connectivity index (χ1n) is 5.74. The Balaban J connectivity index is 2.24. The van der Waals surface area contributed by atoms with Crippen LogP contribution in [0.15, 0.2) is 36.4 Å². The second-order valence-corrected chi connectivity index (χ2v) is 4.54. The molecule has 0 aliphatic heterocycles. The number of aryl methyl sites for hydroxylation is 1. The van der Waals surface area contributed by atoms with Gasteiger partial charge in [0.2, 0.25) is 5.88 Å². The molecule has 19 heavy (non-hydrogen) atoms. The van der Waals surface area contributed by atoms with Gasteiger partial charge in [0.1, 0.15) is 10.7 Å². The second kappa shape index (κ2) is 5.77. The number of rotatable bonds is 4. The Morgan fingerprint density at radius 1 is 1.32 bits per heavy atom. The van der Waals surface area contributed by atoms with E-state index in [2.05, 4.69) is 4.98 Å². The topological polar surface area (TPSA) is 68.4 Å². The fourth-order valence-electron chi connectivity index (χ4n) is 1.62. The molecule has 0 bridgehead atoms. The summed E-state index contributed by atoms with van der Waals surface area (Å²) in [5, 5.41) is 8.97. The average molecular weight is 274 g/mol. The van der Waals surface area contributed by atoms with Crippen molar-refractivity contribution >= 4 is 17.2 Å². The zero-order valence-electron chi connectivity index (χ0n) is 10.5. The van der Waals surface area contributed by atoms with Crippen LogP contribution in [0.1, 0.15) is 16.8 Å². The number of hydrogen-bond donors (Lipinski definition) is 2. The highest BCUT2D eigenvalue weighted by Gasteiger charge is 2.05. The molecule has 0 fully saturated rings. The SMILES string of the molecule is Cc1cc(C(N)=S)cc(Oc2ccc(CO)cc2)n1. The Kier molecular flexibility index (Phi) is 4.09. The van der Waals surface area contributed by atoms with E-state index in [1.807, 2.05) is 13.0 Å². The van der Waals surface area contributed by atoms with Gasteiger partial charge in [-0.15, -0.1) is 0 Å². The number of ether oxygens (including phenoxy) is 1. The number of nitrogens with two attached hydrogens (primary N) is 1. The molecule has 0 saturated carbocycles. The van der Waals surface area contributed by atoms with Crippen LogP contribution in [0.3, 0.4) is 0 Å². The molecule has 0 atom stereocenters. The van der Waals surface area contributed by atoms with Crippen molar-refractivity contribution < 1.29 is 9.84 Å². The molecule has 0 saturated heterocycles. The molecule has 1 aromatic heterocycles. The van der Waals surface area contributed by atoms with Crippen molar-refractivity contribution in [2.45, 2.75) is 13.5 Å². The predicted octanol–water partition coefficient (Wildman–Crippen LogP) is 2.31. The zero-order valence-corrected chi connectivity index (χ0v) is 11.3. The summed E-state index contributed by atoms with van der Waals surface area (Å²) in [5.41, 5.74) is 7.94. The van der Waals surface area contributed by atoms with E-state index >= 15 is 0 Å². The number of aliphatic hydroxyl groups excluding tert-OH is 1. The van der Waals surface area contributed by atoms with Crippen LogP contribution in [-0.2, 0) is 6.61 Å². The monoisotopic (exact) mass is 274 g/mol. The first-order valence-corrected chi connectivity index (χ1v) is 6.15. The number of hydrogen-bond acceptors (Lipinski definition) is 4. The molecule has 1 heterocycles. The third-order valence-electron chi connectivity index (χ3n) is 2.54. The highest BCUT2D eigenvalue weighted by atomic mass is 32.1. The molecule has 4 nitrogen and oxygen atoms in total. The van der Waals surface area contributed by atoms with Gasteiger partial charge in [0.15, 0.2) is 0 Å². The average Bonchev–Trinajstić information content (AvgIpc) is 2.39. The molecular weight excluding hydrogens is 260 g/mol. The third-order valence-corrected chi connectivity index (χ3v) is 2.78. The van der Waals surface area contributed by atoms with Crippen molar-refractivity contribution in [2.24, 2.45) is 5.73 Å². The van der Waals surface area contributed by atoms with Crippen LogP contribution in [0.25, 0.3) is 0 Å². The quantitative estimate of drug-likeness (QED) is 0.837. The largest absolute Gasteiger partial charge is 0.439 e. The number of nitrogens with zero attached hydrogens (tertiary/aromatic N) is 1. The van der Waals surface area contributed by atoms with Gasteiger partial charge in [0, 0.05) is 17.3 Å². The van der Waals surface area contributed by atoms with Crippen molar-refractivity contribution in [3.63, 3.8) is 0 Å². The van der Waals surface area contributed by atoms with E-state index in [0.29, 0.717) is 16.6 Å². The van der Waals surface area contributed by atoms with Crippen LogP contribution in [0, 0.1) is 6.92 Å². The third kappa shape index (κ3) is 3.49. The van der Waals surface area contributed by atoms with Gasteiger partial charge in [-0.1, -0.05) is 24.4 Å². The number of pyridine rings is 1. The Morgan fingerprint density at radius 2 is 2.00 bits per heavy atom. The molecule has 0 radical (unpaired) electrons. The van der Waals surface area contributed by atoms with Gasteiger partial charge in [-0.05, 0) is 30.7 Å². The molecule has 98 valence electrons. The number of benzene rings is 1. The Bertz CT molecular complexity index is 597. The van der Waals surface area contributed by atoms with Gasteiger partial charge < -0.3 is 15.6 Å². The van der Waals surface area contributed by atoms with Gasteiger partial charge >= 0.3 is 0 Å². The Hall–Kier alpha value is -1.98. The molecule has 0 spiro atoms. The Morgan fingerprint density at radius 3 is 2.58 bits per heavy atom. The van der Waals surface area contributed by atoms with Crippen molar-refractivity contribution in [1.82, 2.24) is 4.98 Å². The lowest BCUT2D eigenvalue weighted by molar-refractivity contribution is 0.281. The van der Waals surface area contributed by atoms with E-state index in [1.165, 1.54) is 0 Å². The van der Waals surface area contributed by atoms with Crippen LogP contribution in [0.5, 0.6) is 11.6 Å². The molecule has 5 heteroatoms. The lowest BCUT2D eigenvalue weighted by Crippen LogP contribution is -2.10. The minimum absolute atomic E-state index is 0.00850. The van der Waals surface area contributed by atoms with E-state index < -0.39 is 0 Å². The summed E-state index contributed by atoms with van der Waals surface area (Å²) in [6, 6.07) is 10.6. The van der Waals surface area contributed by atoms with Crippen LogP contribution >= 0.6 is 12.2 Å². The minimum Gasteiger partial charge on any atom is -0.439 e. The summed E-state index contributed by atoms with van der Waals surface area (Å²) in [5.74, 6) is 1.09. The molecule has 3 N–H and O–H groups in total. The van der Waals surface area contributed by atoms with Gasteiger partial charge in [0.25, 0.3) is 0 Å². The molecule has 0 aliphatic rings. The van der Waals surface area contributed by atoms with E-state index in [9.17, 15) is 0 Å². The van der Waals surface area contributed by atoms with Crippen molar-refractivity contribution in [3.8, 4) is 11.6 Å². The van der Waals surface area contributed by atoms with E-state index in [1.54, 1.807) is 30.3 Å². The molecule has 2 rings (SSSR count). The molecule has 1 aromatic carbocycles. The fraction of sp³-hybridized carbons (Fsp3) is 0.143. The van der Waals surface area contributed by atoms with Gasteiger partial charge in [-0.2, -0.15) is 0 Å². The summed E-state index contributed by atoms with van der Waals surface area (Å²) < 4.78 is 5.64. The summed E-state index contributed by atoms with van der Waals surface area (Å²) in [7, 11) is 0. The molecule has 2 aromatic rings. The summed E-state index contributed by atoms with van der Waals surface area (Å²) >= 11 is 4.95. The van der Waals surface area contributed by atoms with Crippen molar-refractivity contribution in [1.29, 1.82) is 0 Å². The lowest BCUT2D eigenvalue weighted by atomic mass is 10.2. The van der Waals surface area contributed by atoms with Gasteiger partial charge in [0.05, 0.1) is 6.61 Å². The highest BCUT2D eigenvalue weighted by Crippen LogP contribution is 2.21. The number of aromatic nitrogens is 1. The highest BCUT2D eigenvalue weighted by molar-refractivity contribution is 7.80. The van der Waals surface area contributed by atoms with Crippen LogP contribution in [-0.4, -0.2) is 15.1 Å². The maximum Gasteiger partial charge on any atom is 0.220 e. The van der Waals surface area contributed by atoms with Gasteiger partial charge in [-0.3, -0.25) is 0 Å². The fourth-order valence-corrected chi connectivity index (χ4v) is 1.73. The van der Waals surface area contributed by atoms with E-state index in [0.717, 1.165) is 16.8 Å². The van der Waals surface area contributed by atoms with Crippen molar-refractivity contribution in [2.75, 3.05) is 0 Å². The molecule has 0 amide bonds. The summed E-state index contributed by atoms with van der Waals surface area (Å²) in [6.45, 7) is 1.86. The normalized spacial score (nSPS) is 10.2. The maximum absolute atomic E-state index is 8.97. The zero-order chi connectivity index (χ0) is 13.8. The first kappa shape index (κ1) is 13.5. The minimum atomic E-state index is 0.00850. The van der Waals surface area contributed by atoms with Crippen LogP contribution < -0.4 is 10.5 Å². The first-order chi connectivity index (χ1) is 9.08. The van der Waals surface area contributed by atoms with Gasteiger partial charge in [-0.25, -0.2) is 4.98 Å². The predicted molar refractivity (Wildman–Crippen MR) is 77.3 cm³/mol. The molecular formula is C14H14N2O2S. The van der Waals surface area contributed by atoms with Crippen molar-refractivity contribution in [3.05, 3.63) is 53.2 Å². The summed E-state index contributed by atoms with van der Waals surface area (Å²) in [6.07, 6.45) is 0. The number of aliphatic hydroxyl groups is 1. The van der Waals surface area contributed by atoms with E-state index in [-0.39, 0.29) is 6.61 Å². The summed E-state index contributed by atoms with van der Waals surface area (Å²) in [4.78, 5) is 4.58. The molecule has 0 unspecified atom stereocenters. The maximum atomic E-state index is 8.97.